The molecule has 2 rings (SSSR count). The summed E-state index contributed by atoms with van der Waals surface area (Å²) in [5, 5.41) is 0. The molecule has 0 spiro atoms. The van der Waals surface area contributed by atoms with Gasteiger partial charge in [0.25, 0.3) is 0 Å². The van der Waals surface area contributed by atoms with E-state index in [1.807, 2.05) is 0 Å². The van der Waals surface area contributed by atoms with E-state index in [4.69, 9.17) is 5.73 Å². The number of nitrogens with zero attached hydrogens (tertiary/aromatic N) is 1. The lowest BCUT2D eigenvalue weighted by Crippen LogP contribution is -2.59. The van der Waals surface area contributed by atoms with Gasteiger partial charge in [0.15, 0.2) is 0 Å². The summed E-state index contributed by atoms with van der Waals surface area (Å²) in [6.45, 7) is 9.23. The van der Waals surface area contributed by atoms with Crippen LogP contribution >= 0.6 is 0 Å². The molecule has 1 saturated heterocycles. The second kappa shape index (κ2) is 4.06. The Balaban J connectivity index is 2.07. The summed E-state index contributed by atoms with van der Waals surface area (Å²) < 4.78 is 0. The third-order valence-electron chi connectivity index (χ3n) is 4.66. The summed E-state index contributed by atoms with van der Waals surface area (Å²) in [5.74, 6) is 1.77. The quantitative estimate of drug-likeness (QED) is 0.774. The van der Waals surface area contributed by atoms with Gasteiger partial charge in [0.1, 0.15) is 0 Å². The van der Waals surface area contributed by atoms with Crippen LogP contribution in [0.5, 0.6) is 0 Å². The first-order chi connectivity index (χ1) is 7.08. The molecular formula is C13H26N2. The van der Waals surface area contributed by atoms with E-state index in [-0.39, 0.29) is 0 Å². The number of nitrogens with two attached hydrogens (primary N) is 1. The smallest absolute Gasteiger partial charge is 0.0334 e. The van der Waals surface area contributed by atoms with E-state index in [9.17, 15) is 0 Å². The van der Waals surface area contributed by atoms with Crippen molar-refractivity contribution in [1.29, 1.82) is 0 Å². The summed E-state index contributed by atoms with van der Waals surface area (Å²) in [4.78, 5) is 2.70. The Hall–Kier alpha value is -0.0800. The van der Waals surface area contributed by atoms with Gasteiger partial charge in [-0.15, -0.1) is 0 Å². The van der Waals surface area contributed by atoms with Crippen LogP contribution in [0, 0.1) is 11.8 Å². The minimum absolute atomic E-state index is 0.291. The predicted octanol–water partition coefficient (Wildman–Crippen LogP) is 2.23. The molecule has 1 aliphatic carbocycles. The van der Waals surface area contributed by atoms with Crippen molar-refractivity contribution in [1.82, 2.24) is 4.90 Å². The normalized spacial score (nSPS) is 37.6. The van der Waals surface area contributed by atoms with Crippen molar-refractivity contribution in [2.75, 3.05) is 13.1 Å². The van der Waals surface area contributed by atoms with Gasteiger partial charge in [0, 0.05) is 18.1 Å². The van der Waals surface area contributed by atoms with Gasteiger partial charge in [0.2, 0.25) is 0 Å². The average Bonchev–Trinajstić information content (AvgIpc) is 3.00. The number of likely N-dealkylation sites (tertiary alicyclic amines) is 1. The minimum atomic E-state index is 0.291. The standard InChI is InChI=1S/C13H26N2/c1-10-6-7-15(11(2)8-10)13(3,9-14)12-4-5-12/h10-12H,4-9,14H2,1-3H3. The second-order valence-electron chi connectivity index (χ2n) is 6.01. The van der Waals surface area contributed by atoms with Crippen LogP contribution in [0.25, 0.3) is 0 Å². The van der Waals surface area contributed by atoms with Gasteiger partial charge in [-0.1, -0.05) is 6.92 Å². The average molecular weight is 210 g/mol. The molecule has 88 valence electrons. The molecule has 2 heteroatoms. The van der Waals surface area contributed by atoms with Crippen LogP contribution in [-0.2, 0) is 0 Å². The van der Waals surface area contributed by atoms with E-state index in [0.29, 0.717) is 5.54 Å². The topological polar surface area (TPSA) is 29.3 Å². The molecular weight excluding hydrogens is 184 g/mol. The molecule has 2 fully saturated rings. The highest BCUT2D eigenvalue weighted by molar-refractivity contribution is 5.02. The fourth-order valence-electron chi connectivity index (χ4n) is 3.39. The number of piperidine rings is 1. The van der Waals surface area contributed by atoms with Gasteiger partial charge in [-0.3, -0.25) is 4.90 Å². The van der Waals surface area contributed by atoms with Crippen molar-refractivity contribution >= 4 is 0 Å². The van der Waals surface area contributed by atoms with Crippen LogP contribution in [0.15, 0.2) is 0 Å². The Morgan fingerprint density at radius 3 is 2.40 bits per heavy atom. The maximum Gasteiger partial charge on any atom is 0.0334 e. The monoisotopic (exact) mass is 210 g/mol. The molecule has 0 amide bonds. The molecule has 0 aromatic heterocycles. The van der Waals surface area contributed by atoms with Crippen molar-refractivity contribution in [3.63, 3.8) is 0 Å². The SMILES string of the molecule is CC1CCN(C(C)(CN)C2CC2)C(C)C1. The molecule has 2 aliphatic rings. The minimum Gasteiger partial charge on any atom is -0.329 e. The second-order valence-corrected chi connectivity index (χ2v) is 6.01. The van der Waals surface area contributed by atoms with Gasteiger partial charge in [-0.2, -0.15) is 0 Å². The van der Waals surface area contributed by atoms with E-state index >= 15 is 0 Å². The fourth-order valence-corrected chi connectivity index (χ4v) is 3.39. The Kier molecular flexibility index (Phi) is 3.09. The van der Waals surface area contributed by atoms with Crippen LogP contribution in [0.1, 0.15) is 46.5 Å². The van der Waals surface area contributed by atoms with Crippen molar-refractivity contribution in [2.24, 2.45) is 17.6 Å². The number of hydrogen-bond donors (Lipinski definition) is 1. The highest BCUT2D eigenvalue weighted by Gasteiger charge is 2.46. The third kappa shape index (κ3) is 2.07. The first-order valence-electron chi connectivity index (χ1n) is 6.54. The maximum absolute atomic E-state index is 6.03. The van der Waals surface area contributed by atoms with E-state index in [1.165, 1.54) is 32.2 Å². The molecule has 1 heterocycles. The molecule has 1 aliphatic heterocycles. The van der Waals surface area contributed by atoms with Crippen molar-refractivity contribution in [2.45, 2.75) is 58.0 Å². The highest BCUT2D eigenvalue weighted by atomic mass is 15.2. The fraction of sp³-hybridized carbons (Fsp3) is 1.00. The molecule has 15 heavy (non-hydrogen) atoms. The summed E-state index contributed by atoms with van der Waals surface area (Å²) in [6.07, 6.45) is 5.49. The van der Waals surface area contributed by atoms with Crippen LogP contribution < -0.4 is 5.73 Å². The molecule has 0 radical (unpaired) electrons. The first kappa shape index (κ1) is 11.4. The largest absolute Gasteiger partial charge is 0.329 e. The van der Waals surface area contributed by atoms with E-state index in [0.717, 1.165) is 24.4 Å². The Morgan fingerprint density at radius 2 is 1.93 bits per heavy atom. The summed E-state index contributed by atoms with van der Waals surface area (Å²) >= 11 is 0. The molecule has 0 aromatic rings. The van der Waals surface area contributed by atoms with Crippen molar-refractivity contribution in [3.05, 3.63) is 0 Å². The molecule has 0 bridgehead atoms. The van der Waals surface area contributed by atoms with E-state index < -0.39 is 0 Å². The molecule has 3 atom stereocenters. The lowest BCUT2D eigenvalue weighted by Gasteiger charge is -2.48. The van der Waals surface area contributed by atoms with Gasteiger partial charge in [-0.25, -0.2) is 0 Å². The molecule has 2 N–H and O–H groups in total. The van der Waals surface area contributed by atoms with Crippen molar-refractivity contribution < 1.29 is 0 Å². The zero-order valence-electron chi connectivity index (χ0n) is 10.5. The third-order valence-corrected chi connectivity index (χ3v) is 4.66. The zero-order valence-corrected chi connectivity index (χ0v) is 10.5. The van der Waals surface area contributed by atoms with Crippen LogP contribution in [0.4, 0.5) is 0 Å². The Bertz CT molecular complexity index is 225. The highest BCUT2D eigenvalue weighted by Crippen LogP contribution is 2.44. The van der Waals surface area contributed by atoms with E-state index in [1.54, 1.807) is 0 Å². The van der Waals surface area contributed by atoms with Crippen molar-refractivity contribution in [3.8, 4) is 0 Å². The van der Waals surface area contributed by atoms with Gasteiger partial charge >= 0.3 is 0 Å². The van der Waals surface area contributed by atoms with Gasteiger partial charge in [-0.05, 0) is 57.9 Å². The summed E-state index contributed by atoms with van der Waals surface area (Å²) in [6, 6.07) is 0.725. The summed E-state index contributed by atoms with van der Waals surface area (Å²) in [5.41, 5.74) is 6.33. The molecule has 1 saturated carbocycles. The lowest BCUT2D eigenvalue weighted by molar-refractivity contribution is 0.0120. The molecule has 0 aromatic carbocycles. The first-order valence-corrected chi connectivity index (χ1v) is 6.54. The zero-order chi connectivity index (χ0) is 11.1. The van der Waals surface area contributed by atoms with Crippen LogP contribution in [0.3, 0.4) is 0 Å². The van der Waals surface area contributed by atoms with Gasteiger partial charge < -0.3 is 5.73 Å². The molecule has 2 nitrogen and oxygen atoms in total. The summed E-state index contributed by atoms with van der Waals surface area (Å²) in [7, 11) is 0. The van der Waals surface area contributed by atoms with Crippen LogP contribution in [-0.4, -0.2) is 29.6 Å². The number of hydrogen-bond acceptors (Lipinski definition) is 2. The van der Waals surface area contributed by atoms with Crippen LogP contribution in [0.2, 0.25) is 0 Å². The molecule has 3 unspecified atom stereocenters. The lowest BCUT2D eigenvalue weighted by atomic mass is 9.85. The van der Waals surface area contributed by atoms with Gasteiger partial charge in [0.05, 0.1) is 0 Å². The van der Waals surface area contributed by atoms with E-state index in [2.05, 4.69) is 25.7 Å². The predicted molar refractivity (Wildman–Crippen MR) is 64.7 cm³/mol. The Morgan fingerprint density at radius 1 is 1.27 bits per heavy atom. The maximum atomic E-state index is 6.03. The number of rotatable bonds is 3. The Labute approximate surface area is 94.2 Å².